The number of nitrogens with two attached hydrogens (primary N) is 2. The fraction of sp³-hybridized carbons (Fsp3) is 0.368. The molecule has 3 rings (SSSR count). The molecule has 1 saturated carbocycles. The predicted molar refractivity (Wildman–Crippen MR) is 99.6 cm³/mol. The molecule has 2 aromatic carbocycles. The van der Waals surface area contributed by atoms with Gasteiger partial charge in [0.05, 0.1) is 0 Å². The van der Waals surface area contributed by atoms with E-state index in [-0.39, 0.29) is 0 Å². The molecule has 2 atom stereocenters. The maximum Gasteiger partial charge on any atom is 0.0343 e. The first-order valence-electron chi connectivity index (χ1n) is 8.42. The zero-order chi connectivity index (χ0) is 16.1. The van der Waals surface area contributed by atoms with E-state index < -0.39 is 0 Å². The molecule has 0 saturated heterocycles. The lowest BCUT2D eigenvalue weighted by Gasteiger charge is -2.33. The Kier molecular flexibility index (Phi) is 4.91. The predicted octanol–water partition coefficient (Wildman–Crippen LogP) is 3.93. The van der Waals surface area contributed by atoms with Gasteiger partial charge < -0.3 is 22.1 Å². The van der Waals surface area contributed by atoms with Gasteiger partial charge in [0.25, 0.3) is 0 Å². The van der Waals surface area contributed by atoms with E-state index in [4.69, 9.17) is 11.5 Å². The Morgan fingerprint density at radius 3 is 2.00 bits per heavy atom. The first kappa shape index (κ1) is 15.5. The van der Waals surface area contributed by atoms with Crippen LogP contribution < -0.4 is 22.1 Å². The molecule has 0 amide bonds. The van der Waals surface area contributed by atoms with E-state index in [1.165, 1.54) is 25.7 Å². The molecular formula is C19H26N4. The molecule has 2 aromatic rings. The third kappa shape index (κ3) is 4.31. The second-order valence-corrected chi connectivity index (χ2v) is 6.42. The normalized spacial score (nSPS) is 20.9. The van der Waals surface area contributed by atoms with Crippen molar-refractivity contribution in [1.29, 1.82) is 0 Å². The molecule has 0 bridgehead atoms. The van der Waals surface area contributed by atoms with Gasteiger partial charge in [-0.05, 0) is 67.3 Å². The van der Waals surface area contributed by atoms with Crippen molar-refractivity contribution in [2.45, 2.75) is 31.7 Å². The van der Waals surface area contributed by atoms with Crippen LogP contribution in [0.3, 0.4) is 0 Å². The molecule has 1 aliphatic rings. The van der Waals surface area contributed by atoms with Gasteiger partial charge in [0, 0.05) is 35.3 Å². The number of nitrogen functional groups attached to an aromatic ring is 2. The molecule has 0 radical (unpaired) electrons. The van der Waals surface area contributed by atoms with Gasteiger partial charge in [0.2, 0.25) is 0 Å². The second-order valence-electron chi connectivity index (χ2n) is 6.42. The smallest absolute Gasteiger partial charge is 0.0343 e. The van der Waals surface area contributed by atoms with Gasteiger partial charge in [-0.25, -0.2) is 0 Å². The topological polar surface area (TPSA) is 76.1 Å². The van der Waals surface area contributed by atoms with Crippen LogP contribution in [0, 0.1) is 5.92 Å². The Bertz CT molecular complexity index is 606. The molecular weight excluding hydrogens is 284 g/mol. The fourth-order valence-corrected chi connectivity index (χ4v) is 3.29. The lowest BCUT2D eigenvalue weighted by molar-refractivity contribution is 0.339. The zero-order valence-corrected chi connectivity index (χ0v) is 13.5. The standard InChI is InChI=1S/C19H26N4/c20-15-5-9-17(10-6-15)22-13-14-3-1-2-4-19(14)23-18-11-7-16(21)8-12-18/h5-12,14,19,22-23H,1-4,13,20-21H2. The first-order chi connectivity index (χ1) is 11.2. The van der Waals surface area contributed by atoms with E-state index in [9.17, 15) is 0 Å². The van der Waals surface area contributed by atoms with Crippen LogP contribution in [-0.2, 0) is 0 Å². The lowest BCUT2D eigenvalue weighted by Crippen LogP contribution is -2.36. The molecule has 0 heterocycles. The third-order valence-corrected chi connectivity index (χ3v) is 4.65. The summed E-state index contributed by atoms with van der Waals surface area (Å²) in [4.78, 5) is 0. The summed E-state index contributed by atoms with van der Waals surface area (Å²) in [5.74, 6) is 0.624. The molecule has 0 aliphatic heterocycles. The third-order valence-electron chi connectivity index (χ3n) is 4.65. The van der Waals surface area contributed by atoms with Gasteiger partial charge in [-0.15, -0.1) is 0 Å². The minimum Gasteiger partial charge on any atom is -0.399 e. The van der Waals surface area contributed by atoms with Crippen molar-refractivity contribution in [2.24, 2.45) is 5.92 Å². The number of benzene rings is 2. The Morgan fingerprint density at radius 1 is 0.783 bits per heavy atom. The Hall–Kier alpha value is -2.36. The Morgan fingerprint density at radius 2 is 1.35 bits per heavy atom. The van der Waals surface area contributed by atoms with Crippen LogP contribution in [0.4, 0.5) is 22.7 Å². The summed E-state index contributed by atoms with van der Waals surface area (Å²) in [6, 6.07) is 16.5. The molecule has 4 nitrogen and oxygen atoms in total. The van der Waals surface area contributed by atoms with Crippen LogP contribution >= 0.6 is 0 Å². The summed E-state index contributed by atoms with van der Waals surface area (Å²) in [7, 11) is 0. The summed E-state index contributed by atoms with van der Waals surface area (Å²) in [6.45, 7) is 0.983. The molecule has 2 unspecified atom stereocenters. The summed E-state index contributed by atoms with van der Waals surface area (Å²) in [6.07, 6.45) is 5.09. The van der Waals surface area contributed by atoms with Crippen LogP contribution in [0.25, 0.3) is 0 Å². The molecule has 4 heteroatoms. The highest BCUT2D eigenvalue weighted by molar-refractivity contribution is 5.52. The van der Waals surface area contributed by atoms with Crippen molar-refractivity contribution in [3.8, 4) is 0 Å². The van der Waals surface area contributed by atoms with E-state index in [1.807, 2.05) is 36.4 Å². The zero-order valence-electron chi connectivity index (χ0n) is 13.5. The first-order valence-corrected chi connectivity index (χ1v) is 8.42. The maximum absolute atomic E-state index is 5.76. The van der Waals surface area contributed by atoms with Crippen LogP contribution in [0.15, 0.2) is 48.5 Å². The van der Waals surface area contributed by atoms with Crippen LogP contribution in [0.2, 0.25) is 0 Å². The molecule has 122 valence electrons. The number of hydrogen-bond donors (Lipinski definition) is 4. The monoisotopic (exact) mass is 310 g/mol. The van der Waals surface area contributed by atoms with Crippen LogP contribution in [0.5, 0.6) is 0 Å². The quantitative estimate of drug-likeness (QED) is 0.631. The lowest BCUT2D eigenvalue weighted by atomic mass is 9.84. The van der Waals surface area contributed by atoms with E-state index in [0.29, 0.717) is 12.0 Å². The number of anilines is 4. The Labute approximate surface area is 138 Å². The van der Waals surface area contributed by atoms with Gasteiger partial charge in [-0.2, -0.15) is 0 Å². The highest BCUT2D eigenvalue weighted by atomic mass is 15.0. The van der Waals surface area contributed by atoms with Crippen molar-refractivity contribution < 1.29 is 0 Å². The van der Waals surface area contributed by atoms with Gasteiger partial charge >= 0.3 is 0 Å². The molecule has 0 aromatic heterocycles. The fourth-order valence-electron chi connectivity index (χ4n) is 3.29. The minimum atomic E-state index is 0.508. The van der Waals surface area contributed by atoms with Crippen molar-refractivity contribution in [1.82, 2.24) is 0 Å². The van der Waals surface area contributed by atoms with E-state index in [0.717, 1.165) is 29.3 Å². The molecule has 23 heavy (non-hydrogen) atoms. The average Bonchev–Trinajstić information content (AvgIpc) is 2.58. The summed E-state index contributed by atoms with van der Waals surface area (Å²) >= 11 is 0. The largest absolute Gasteiger partial charge is 0.399 e. The van der Waals surface area contributed by atoms with Crippen molar-refractivity contribution >= 4 is 22.7 Å². The maximum atomic E-state index is 5.76. The molecule has 1 fully saturated rings. The molecule has 1 aliphatic carbocycles. The van der Waals surface area contributed by atoms with Gasteiger partial charge in [0.1, 0.15) is 0 Å². The van der Waals surface area contributed by atoms with Crippen molar-refractivity contribution in [3.05, 3.63) is 48.5 Å². The minimum absolute atomic E-state index is 0.508. The summed E-state index contributed by atoms with van der Waals surface area (Å²) in [5.41, 5.74) is 15.4. The molecule has 6 N–H and O–H groups in total. The van der Waals surface area contributed by atoms with Gasteiger partial charge in [0.15, 0.2) is 0 Å². The number of rotatable bonds is 5. The van der Waals surface area contributed by atoms with Gasteiger partial charge in [-0.3, -0.25) is 0 Å². The highest BCUT2D eigenvalue weighted by Gasteiger charge is 2.24. The van der Waals surface area contributed by atoms with E-state index >= 15 is 0 Å². The van der Waals surface area contributed by atoms with Crippen LogP contribution in [-0.4, -0.2) is 12.6 Å². The van der Waals surface area contributed by atoms with E-state index in [2.05, 4.69) is 22.8 Å². The Balaban J connectivity index is 1.59. The highest BCUT2D eigenvalue weighted by Crippen LogP contribution is 2.28. The SMILES string of the molecule is Nc1ccc(NCC2CCCCC2Nc2ccc(N)cc2)cc1. The molecule has 0 spiro atoms. The van der Waals surface area contributed by atoms with Crippen LogP contribution in [0.1, 0.15) is 25.7 Å². The summed E-state index contributed by atoms with van der Waals surface area (Å²) < 4.78 is 0. The van der Waals surface area contributed by atoms with Crippen molar-refractivity contribution in [2.75, 3.05) is 28.6 Å². The second kappa shape index (κ2) is 7.27. The van der Waals surface area contributed by atoms with Gasteiger partial charge in [-0.1, -0.05) is 12.8 Å². The average molecular weight is 310 g/mol. The summed E-state index contributed by atoms with van der Waals surface area (Å²) in [5, 5.41) is 7.24. The number of hydrogen-bond acceptors (Lipinski definition) is 4. The van der Waals surface area contributed by atoms with Crippen molar-refractivity contribution in [3.63, 3.8) is 0 Å². The van der Waals surface area contributed by atoms with E-state index in [1.54, 1.807) is 0 Å². The number of nitrogens with one attached hydrogen (secondary N) is 2.